The largest absolute Gasteiger partial charge is 0.416 e. The first-order chi connectivity index (χ1) is 17.7. The first-order valence-corrected chi connectivity index (χ1v) is 11.7. The fraction of sp³-hybridized carbons (Fsp3) is 0.308. The Balaban J connectivity index is 1.38. The Morgan fingerprint density at radius 1 is 1.19 bits per heavy atom. The molecule has 2 aliphatic rings. The van der Waals surface area contributed by atoms with Crippen molar-refractivity contribution in [2.45, 2.75) is 31.6 Å². The summed E-state index contributed by atoms with van der Waals surface area (Å²) in [4.78, 5) is 36.6. The molecule has 1 aromatic heterocycles. The molecule has 1 saturated heterocycles. The van der Waals surface area contributed by atoms with Crippen LogP contribution in [0.3, 0.4) is 0 Å². The Hall–Kier alpha value is -3.99. The van der Waals surface area contributed by atoms with E-state index >= 15 is 0 Å². The molecule has 192 valence electrons. The lowest BCUT2D eigenvalue weighted by Crippen LogP contribution is -2.54. The van der Waals surface area contributed by atoms with Crippen LogP contribution in [0, 0.1) is 6.92 Å². The van der Waals surface area contributed by atoms with Gasteiger partial charge in [-0.3, -0.25) is 9.59 Å². The zero-order chi connectivity index (χ0) is 26.2. The molecule has 1 unspecified atom stereocenters. The minimum absolute atomic E-state index is 0.00746. The molecule has 37 heavy (non-hydrogen) atoms. The van der Waals surface area contributed by atoms with E-state index in [9.17, 15) is 22.8 Å². The van der Waals surface area contributed by atoms with Crippen LogP contribution in [0.4, 0.5) is 18.9 Å². The van der Waals surface area contributed by atoms with Gasteiger partial charge in [0, 0.05) is 35.4 Å². The van der Waals surface area contributed by atoms with Crippen molar-refractivity contribution in [3.63, 3.8) is 0 Å². The summed E-state index contributed by atoms with van der Waals surface area (Å²) in [6, 6.07) is 11.6. The topological polar surface area (TPSA) is 88.8 Å². The summed E-state index contributed by atoms with van der Waals surface area (Å²) >= 11 is 0. The van der Waals surface area contributed by atoms with E-state index in [1.54, 1.807) is 24.7 Å². The summed E-state index contributed by atoms with van der Waals surface area (Å²) in [6.07, 6.45) is 0.0549. The molecular weight excluding hydrogens is 487 g/mol. The van der Waals surface area contributed by atoms with Crippen molar-refractivity contribution < 1.29 is 27.5 Å². The highest BCUT2D eigenvalue weighted by molar-refractivity contribution is 6.47. The first-order valence-electron chi connectivity index (χ1n) is 11.7. The van der Waals surface area contributed by atoms with E-state index in [0.717, 1.165) is 23.5 Å². The Kier molecular flexibility index (Phi) is 6.32. The molecule has 2 aliphatic heterocycles. The summed E-state index contributed by atoms with van der Waals surface area (Å²) in [5, 5.41) is 2.47. The van der Waals surface area contributed by atoms with Crippen molar-refractivity contribution in [1.82, 2.24) is 14.5 Å². The maximum absolute atomic E-state index is 13.5. The molecule has 5 rings (SSSR count). The van der Waals surface area contributed by atoms with E-state index in [2.05, 4.69) is 10.3 Å². The summed E-state index contributed by atoms with van der Waals surface area (Å²) in [6.45, 7) is 2.20. The second-order valence-electron chi connectivity index (χ2n) is 9.07. The molecule has 3 heterocycles. The first kappa shape index (κ1) is 24.7. The van der Waals surface area contributed by atoms with Crippen molar-refractivity contribution in [2.75, 3.05) is 25.1 Å². The van der Waals surface area contributed by atoms with Crippen LogP contribution in [-0.4, -0.2) is 57.4 Å². The molecular formula is C26H24F3N5O3. The average molecular weight is 512 g/mol. The Labute approximate surface area is 210 Å². The van der Waals surface area contributed by atoms with Gasteiger partial charge in [0.25, 0.3) is 5.91 Å². The van der Waals surface area contributed by atoms with Gasteiger partial charge in [0.2, 0.25) is 5.91 Å². The summed E-state index contributed by atoms with van der Waals surface area (Å²) in [7, 11) is 0. The number of rotatable bonds is 5. The fourth-order valence-electron chi connectivity index (χ4n) is 4.64. The van der Waals surface area contributed by atoms with Crippen LogP contribution in [0.1, 0.15) is 29.7 Å². The van der Waals surface area contributed by atoms with Crippen molar-refractivity contribution >= 4 is 23.2 Å². The van der Waals surface area contributed by atoms with Crippen LogP contribution in [0.15, 0.2) is 66.0 Å². The zero-order valence-electron chi connectivity index (χ0n) is 20.0. The molecule has 0 aliphatic carbocycles. The Bertz CT molecular complexity index is 1360. The van der Waals surface area contributed by atoms with Crippen molar-refractivity contribution in [1.29, 1.82) is 0 Å². The number of halogens is 3. The van der Waals surface area contributed by atoms with Gasteiger partial charge in [0.15, 0.2) is 5.66 Å². The number of nitrogens with zero attached hydrogens (tertiary/aromatic N) is 4. The number of hydrogen-bond donors (Lipinski definition) is 1. The van der Waals surface area contributed by atoms with Crippen LogP contribution in [0.5, 0.6) is 0 Å². The number of amides is 2. The predicted molar refractivity (Wildman–Crippen MR) is 129 cm³/mol. The Morgan fingerprint density at radius 3 is 2.62 bits per heavy atom. The molecule has 1 atom stereocenters. The lowest BCUT2D eigenvalue weighted by molar-refractivity contribution is -0.137. The van der Waals surface area contributed by atoms with Gasteiger partial charge in [-0.25, -0.2) is 9.98 Å². The predicted octanol–water partition coefficient (Wildman–Crippen LogP) is 3.98. The molecule has 8 nitrogen and oxygen atoms in total. The van der Waals surface area contributed by atoms with E-state index in [1.165, 1.54) is 17.0 Å². The monoisotopic (exact) mass is 511 g/mol. The summed E-state index contributed by atoms with van der Waals surface area (Å²) in [5.74, 6) is -1.06. The van der Waals surface area contributed by atoms with Crippen molar-refractivity contribution in [2.24, 2.45) is 4.99 Å². The minimum atomic E-state index is -4.54. The van der Waals surface area contributed by atoms with E-state index in [-0.39, 0.29) is 24.6 Å². The number of imidazole rings is 1. The Morgan fingerprint density at radius 2 is 1.97 bits per heavy atom. The van der Waals surface area contributed by atoms with E-state index in [0.29, 0.717) is 25.0 Å². The van der Waals surface area contributed by atoms with Gasteiger partial charge < -0.3 is 19.5 Å². The third-order valence-corrected chi connectivity index (χ3v) is 6.49. The molecule has 1 N–H and O–H groups in total. The molecule has 2 aromatic carbocycles. The average Bonchev–Trinajstić information content (AvgIpc) is 3.41. The van der Waals surface area contributed by atoms with Crippen LogP contribution >= 0.6 is 0 Å². The second-order valence-corrected chi connectivity index (χ2v) is 9.07. The highest BCUT2D eigenvalue weighted by Crippen LogP contribution is 2.35. The number of aryl methyl sites for hydroxylation is 1. The van der Waals surface area contributed by atoms with Crippen molar-refractivity contribution in [3.8, 4) is 5.69 Å². The minimum Gasteiger partial charge on any atom is -0.377 e. The number of benzene rings is 2. The van der Waals surface area contributed by atoms with E-state index in [4.69, 9.17) is 9.73 Å². The molecule has 1 fully saturated rings. The number of aromatic nitrogens is 2. The van der Waals surface area contributed by atoms with Gasteiger partial charge in [-0.05, 0) is 50.1 Å². The maximum atomic E-state index is 13.5. The van der Waals surface area contributed by atoms with Gasteiger partial charge in [-0.15, -0.1) is 0 Å². The molecule has 0 bridgehead atoms. The number of alkyl halides is 3. The van der Waals surface area contributed by atoms with Gasteiger partial charge in [0.1, 0.15) is 12.3 Å². The van der Waals surface area contributed by atoms with Gasteiger partial charge in [-0.2, -0.15) is 13.2 Å². The van der Waals surface area contributed by atoms with E-state index in [1.807, 2.05) is 23.6 Å². The molecule has 0 saturated carbocycles. The fourth-order valence-corrected chi connectivity index (χ4v) is 4.64. The highest BCUT2D eigenvalue weighted by atomic mass is 19.4. The molecule has 0 radical (unpaired) electrons. The molecule has 3 aromatic rings. The lowest BCUT2D eigenvalue weighted by Gasteiger charge is -2.38. The molecule has 11 heteroatoms. The quantitative estimate of drug-likeness (QED) is 0.562. The maximum Gasteiger partial charge on any atom is 0.416 e. The SMILES string of the molecule is Cc1cncn1-c1ccc(C2=NC3(CCCOC3)N(CC(=O)Nc3cccc(C(F)(F)F)c3)C2=O)cc1. The number of carbonyl (C=O) groups excluding carboxylic acids is 2. The smallest absolute Gasteiger partial charge is 0.377 e. The standard InChI is InChI=1S/C26H24F3N5O3/c1-17-13-30-16-33(17)21-8-6-18(7-9-21)23-24(36)34(25(32-23)10-3-11-37-15-25)14-22(35)31-20-5-2-4-19(12-20)26(27,28)29/h2,4-9,12-13,16H,3,10-11,14-15H2,1H3,(H,31,35). The summed E-state index contributed by atoms with van der Waals surface area (Å²) in [5.41, 5.74) is 0.710. The number of aliphatic imine (C=N–C) groups is 1. The molecule has 2 amide bonds. The van der Waals surface area contributed by atoms with Gasteiger partial charge in [-0.1, -0.05) is 18.2 Å². The van der Waals surface area contributed by atoms with Crippen LogP contribution in [0.25, 0.3) is 5.69 Å². The van der Waals surface area contributed by atoms with Crippen LogP contribution in [-0.2, 0) is 20.5 Å². The number of carbonyl (C=O) groups is 2. The lowest BCUT2D eigenvalue weighted by atomic mass is 10.0. The summed E-state index contributed by atoms with van der Waals surface area (Å²) < 4.78 is 46.7. The zero-order valence-corrected chi connectivity index (χ0v) is 20.0. The number of anilines is 1. The third-order valence-electron chi connectivity index (χ3n) is 6.49. The van der Waals surface area contributed by atoms with E-state index < -0.39 is 29.2 Å². The van der Waals surface area contributed by atoms with Gasteiger partial charge >= 0.3 is 6.18 Å². The van der Waals surface area contributed by atoms with Gasteiger partial charge in [0.05, 0.1) is 18.5 Å². The molecule has 1 spiro atoms. The third kappa shape index (κ3) is 4.86. The van der Waals surface area contributed by atoms with Crippen LogP contribution < -0.4 is 5.32 Å². The second kappa shape index (κ2) is 9.47. The number of ether oxygens (including phenoxy) is 1. The number of hydrogen-bond acceptors (Lipinski definition) is 5. The van der Waals surface area contributed by atoms with Crippen LogP contribution in [0.2, 0.25) is 0 Å². The van der Waals surface area contributed by atoms with Crippen molar-refractivity contribution in [3.05, 3.63) is 77.9 Å². The number of nitrogens with one attached hydrogen (secondary N) is 1. The normalized spacial score (nSPS) is 19.8. The highest BCUT2D eigenvalue weighted by Gasteiger charge is 2.49.